The molecule has 2 heterocycles. The lowest BCUT2D eigenvalue weighted by atomic mass is 10.1. The second-order valence-electron chi connectivity index (χ2n) is 7.42. The van der Waals surface area contributed by atoms with E-state index in [0.29, 0.717) is 34.3 Å². The van der Waals surface area contributed by atoms with Crippen molar-refractivity contribution in [2.45, 2.75) is 25.3 Å². The molecule has 1 aliphatic carbocycles. The van der Waals surface area contributed by atoms with Crippen LogP contribution in [0.2, 0.25) is 0 Å². The number of nitrogens with one attached hydrogen (secondary N) is 1. The van der Waals surface area contributed by atoms with Gasteiger partial charge in [-0.15, -0.1) is 0 Å². The van der Waals surface area contributed by atoms with Crippen LogP contribution in [0.5, 0.6) is 0 Å². The minimum Gasteiger partial charge on any atom is -0.478 e. The molecule has 6 nitrogen and oxygen atoms in total. The van der Waals surface area contributed by atoms with E-state index in [1.807, 2.05) is 0 Å². The molecule has 0 saturated heterocycles. The maximum absolute atomic E-state index is 13.5. The summed E-state index contributed by atoms with van der Waals surface area (Å²) in [6.07, 6.45) is 3.87. The van der Waals surface area contributed by atoms with Crippen LogP contribution in [0.25, 0.3) is 21.8 Å². The number of hydrogen-bond acceptors (Lipinski definition) is 5. The van der Waals surface area contributed by atoms with Crippen LogP contribution < -0.4 is 5.32 Å². The zero-order valence-corrected chi connectivity index (χ0v) is 15.7. The highest BCUT2D eigenvalue weighted by atomic mass is 19.1. The minimum absolute atomic E-state index is 0.150. The number of fused-ring (bicyclic) bond motifs is 3. The third kappa shape index (κ3) is 3.52. The first-order valence-corrected chi connectivity index (χ1v) is 9.50. The quantitative estimate of drug-likeness (QED) is 0.480. The molecule has 1 fully saturated rings. The number of aromatic nitrogens is 3. The molecule has 0 amide bonds. The number of halogens is 2. The van der Waals surface area contributed by atoms with Crippen molar-refractivity contribution in [3.8, 4) is 0 Å². The number of pyridine rings is 1. The van der Waals surface area contributed by atoms with Crippen molar-refractivity contribution in [2.75, 3.05) is 5.32 Å². The van der Waals surface area contributed by atoms with Gasteiger partial charge < -0.3 is 10.4 Å². The van der Waals surface area contributed by atoms with Gasteiger partial charge in [-0.05, 0) is 42.7 Å². The molecule has 0 aliphatic heterocycles. The molecule has 2 aromatic heterocycles. The Balaban J connectivity index is 1.64. The average Bonchev–Trinajstić information content (AvgIpc) is 3.51. The summed E-state index contributed by atoms with van der Waals surface area (Å²) in [4.78, 5) is 24.9. The predicted octanol–water partition coefficient (Wildman–Crippen LogP) is 4.32. The number of carbonyl (C=O) groups is 1. The lowest BCUT2D eigenvalue weighted by molar-refractivity contribution is 0.0697. The van der Waals surface area contributed by atoms with Crippen molar-refractivity contribution in [3.63, 3.8) is 0 Å². The number of anilines is 1. The van der Waals surface area contributed by atoms with Crippen LogP contribution in [0, 0.1) is 11.6 Å². The number of rotatable bonds is 5. The van der Waals surface area contributed by atoms with E-state index >= 15 is 0 Å². The molecule has 2 N–H and O–H groups in total. The Kier molecular flexibility index (Phi) is 4.27. The van der Waals surface area contributed by atoms with E-state index in [9.17, 15) is 18.7 Å². The normalized spacial score (nSPS) is 13.7. The maximum atomic E-state index is 13.5. The van der Waals surface area contributed by atoms with Gasteiger partial charge in [0.25, 0.3) is 0 Å². The summed E-state index contributed by atoms with van der Waals surface area (Å²) in [5.74, 6) is -1.36. The van der Waals surface area contributed by atoms with Crippen molar-refractivity contribution in [1.29, 1.82) is 0 Å². The van der Waals surface area contributed by atoms with Crippen LogP contribution in [0.3, 0.4) is 0 Å². The second-order valence-corrected chi connectivity index (χ2v) is 7.42. The maximum Gasteiger partial charge on any atom is 0.335 e. The van der Waals surface area contributed by atoms with Gasteiger partial charge in [-0.3, -0.25) is 0 Å². The van der Waals surface area contributed by atoms with E-state index in [-0.39, 0.29) is 12.0 Å². The molecule has 2 aromatic carbocycles. The number of hydrogen-bond donors (Lipinski definition) is 2. The summed E-state index contributed by atoms with van der Waals surface area (Å²) in [7, 11) is 0. The Morgan fingerprint density at radius 1 is 1.07 bits per heavy atom. The zero-order chi connectivity index (χ0) is 20.8. The minimum atomic E-state index is -1.02. The molecular formula is C22H16F2N4O2. The van der Waals surface area contributed by atoms with Crippen molar-refractivity contribution in [1.82, 2.24) is 15.0 Å². The van der Waals surface area contributed by atoms with E-state index in [1.165, 1.54) is 24.3 Å². The highest BCUT2D eigenvalue weighted by molar-refractivity contribution is 6.09. The molecule has 0 radical (unpaired) electrons. The molecule has 1 aliphatic rings. The Hall–Kier alpha value is -3.68. The molecular weight excluding hydrogens is 390 g/mol. The number of nitrogens with zero attached hydrogens (tertiary/aromatic N) is 3. The van der Waals surface area contributed by atoms with Gasteiger partial charge in [0.05, 0.1) is 11.1 Å². The molecule has 0 unspecified atom stereocenters. The molecule has 0 bridgehead atoms. The highest BCUT2D eigenvalue weighted by Gasteiger charge is 2.23. The average molecular weight is 406 g/mol. The van der Waals surface area contributed by atoms with Crippen molar-refractivity contribution in [3.05, 3.63) is 71.2 Å². The molecule has 1 saturated carbocycles. The summed E-state index contributed by atoms with van der Waals surface area (Å²) in [6, 6.07) is 8.38. The van der Waals surface area contributed by atoms with Gasteiger partial charge in [0.2, 0.25) is 0 Å². The molecule has 0 atom stereocenters. The predicted molar refractivity (Wildman–Crippen MR) is 108 cm³/mol. The van der Waals surface area contributed by atoms with Crippen LogP contribution in [0.1, 0.15) is 34.6 Å². The van der Waals surface area contributed by atoms with Crippen LogP contribution >= 0.6 is 0 Å². The lowest BCUT2D eigenvalue weighted by Gasteiger charge is -2.12. The van der Waals surface area contributed by atoms with E-state index in [2.05, 4.69) is 20.3 Å². The number of carboxylic acid groups (broad SMARTS) is 1. The Morgan fingerprint density at radius 2 is 1.83 bits per heavy atom. The lowest BCUT2D eigenvalue weighted by Crippen LogP contribution is -2.07. The summed E-state index contributed by atoms with van der Waals surface area (Å²) in [5, 5.41) is 14.1. The van der Waals surface area contributed by atoms with E-state index in [0.717, 1.165) is 29.7 Å². The molecule has 0 spiro atoms. The van der Waals surface area contributed by atoms with Crippen molar-refractivity contribution >= 4 is 33.6 Å². The first kappa shape index (κ1) is 18.4. The summed E-state index contributed by atoms with van der Waals surface area (Å²) < 4.78 is 27.0. The van der Waals surface area contributed by atoms with Gasteiger partial charge in [0, 0.05) is 35.5 Å². The second kappa shape index (κ2) is 6.98. The fourth-order valence-electron chi connectivity index (χ4n) is 3.46. The third-order valence-corrected chi connectivity index (χ3v) is 5.03. The number of carboxylic acids is 1. The van der Waals surface area contributed by atoms with Crippen LogP contribution in [-0.2, 0) is 6.42 Å². The van der Waals surface area contributed by atoms with Gasteiger partial charge >= 0.3 is 5.97 Å². The first-order valence-electron chi connectivity index (χ1n) is 9.50. The van der Waals surface area contributed by atoms with E-state index in [4.69, 9.17) is 0 Å². The number of benzene rings is 2. The number of aromatic carboxylic acids is 1. The van der Waals surface area contributed by atoms with Gasteiger partial charge in [0.15, 0.2) is 5.82 Å². The highest BCUT2D eigenvalue weighted by Crippen LogP contribution is 2.32. The summed E-state index contributed by atoms with van der Waals surface area (Å²) in [6.45, 7) is 0. The van der Waals surface area contributed by atoms with Crippen molar-refractivity contribution < 1.29 is 18.7 Å². The van der Waals surface area contributed by atoms with E-state index in [1.54, 1.807) is 12.3 Å². The first-order chi connectivity index (χ1) is 14.5. The fourth-order valence-corrected chi connectivity index (χ4v) is 3.46. The van der Waals surface area contributed by atoms with Gasteiger partial charge in [0.1, 0.15) is 23.0 Å². The Labute approximate surface area is 169 Å². The SMILES string of the molecule is O=C(O)c1ccc2c(c1)nc(NC1CC1)c1nc(Cc3cc(F)cc(F)c3)ncc12. The van der Waals surface area contributed by atoms with Crippen molar-refractivity contribution in [2.24, 2.45) is 0 Å². The monoisotopic (exact) mass is 406 g/mol. The smallest absolute Gasteiger partial charge is 0.335 e. The molecule has 5 rings (SSSR count). The van der Waals surface area contributed by atoms with Gasteiger partial charge in [-0.1, -0.05) is 6.07 Å². The van der Waals surface area contributed by atoms with E-state index < -0.39 is 17.6 Å². The standard InChI is InChI=1S/C22H16F2N4O2/c23-13-5-11(6-14(24)9-13)7-19-25-10-17-16-4-1-12(22(29)30)8-18(16)27-21(20(17)28-19)26-15-2-3-15/h1,4-6,8-10,15H,2-3,7H2,(H,26,27)(H,29,30). The topological polar surface area (TPSA) is 88.0 Å². The third-order valence-electron chi connectivity index (χ3n) is 5.03. The van der Waals surface area contributed by atoms with Crippen LogP contribution in [0.15, 0.2) is 42.6 Å². The van der Waals surface area contributed by atoms with Gasteiger partial charge in [-0.2, -0.15) is 0 Å². The van der Waals surface area contributed by atoms with Crippen LogP contribution in [-0.4, -0.2) is 32.1 Å². The fraction of sp³-hybridized carbons (Fsp3) is 0.182. The summed E-state index contributed by atoms with van der Waals surface area (Å²) >= 11 is 0. The zero-order valence-electron chi connectivity index (χ0n) is 15.7. The molecule has 30 heavy (non-hydrogen) atoms. The van der Waals surface area contributed by atoms with Gasteiger partial charge in [-0.25, -0.2) is 28.5 Å². The molecule has 4 aromatic rings. The largest absolute Gasteiger partial charge is 0.478 e. The molecule has 8 heteroatoms. The summed E-state index contributed by atoms with van der Waals surface area (Å²) in [5.41, 5.74) is 1.72. The Morgan fingerprint density at radius 3 is 2.53 bits per heavy atom. The molecule has 150 valence electrons. The van der Waals surface area contributed by atoms with Crippen LogP contribution in [0.4, 0.5) is 14.6 Å². The Bertz CT molecular complexity index is 1300.